The molecule has 19 heavy (non-hydrogen) atoms. The van der Waals surface area contributed by atoms with E-state index < -0.39 is 10.0 Å². The minimum absolute atomic E-state index is 0.0392. The summed E-state index contributed by atoms with van der Waals surface area (Å²) in [5, 5.41) is 1.98. The molecule has 0 radical (unpaired) electrons. The first-order chi connectivity index (χ1) is 9.05. The van der Waals surface area contributed by atoms with E-state index in [4.69, 9.17) is 5.73 Å². The van der Waals surface area contributed by atoms with E-state index in [0.717, 1.165) is 0 Å². The number of rotatable bonds is 6. The summed E-state index contributed by atoms with van der Waals surface area (Å²) >= 11 is 1.63. The first-order valence-electron chi connectivity index (χ1n) is 5.89. The van der Waals surface area contributed by atoms with Gasteiger partial charge < -0.3 is 5.73 Å². The van der Waals surface area contributed by atoms with Crippen molar-refractivity contribution in [1.82, 2.24) is 4.72 Å². The maximum atomic E-state index is 11.9. The Bertz CT molecular complexity index is 622. The summed E-state index contributed by atoms with van der Waals surface area (Å²) in [6, 6.07) is 10.9. The zero-order valence-corrected chi connectivity index (χ0v) is 12.0. The summed E-state index contributed by atoms with van der Waals surface area (Å²) in [6.45, 7) is 0.422. The van der Waals surface area contributed by atoms with E-state index in [0.29, 0.717) is 24.2 Å². The highest BCUT2D eigenvalue weighted by Crippen LogP contribution is 2.11. The van der Waals surface area contributed by atoms with E-state index >= 15 is 0 Å². The van der Waals surface area contributed by atoms with Gasteiger partial charge in [-0.1, -0.05) is 18.2 Å². The number of sulfonamides is 1. The predicted molar refractivity (Wildman–Crippen MR) is 79.5 cm³/mol. The molecule has 0 saturated carbocycles. The number of nitrogens with two attached hydrogens (primary N) is 1. The van der Waals surface area contributed by atoms with Crippen molar-refractivity contribution in [3.8, 4) is 0 Å². The van der Waals surface area contributed by atoms with E-state index in [1.54, 1.807) is 35.6 Å². The second kappa shape index (κ2) is 6.18. The Morgan fingerprint density at radius 1 is 1.21 bits per heavy atom. The molecule has 0 aliphatic heterocycles. The molecule has 1 aromatic heterocycles. The standard InChI is InChI=1S/C13H16N2O2S2/c14-12-4-1-3-11(9-12)10-19(16,17)15-7-6-13-5-2-8-18-13/h1-5,8-9,15H,6-7,10,14H2. The molecule has 1 aromatic carbocycles. The van der Waals surface area contributed by atoms with Crippen molar-refractivity contribution < 1.29 is 8.42 Å². The van der Waals surface area contributed by atoms with E-state index in [9.17, 15) is 8.42 Å². The number of hydrogen-bond acceptors (Lipinski definition) is 4. The second-order valence-corrected chi connectivity index (χ2v) is 7.07. The third kappa shape index (κ3) is 4.66. The Kier molecular flexibility index (Phi) is 4.57. The van der Waals surface area contributed by atoms with Crippen molar-refractivity contribution >= 4 is 27.0 Å². The Morgan fingerprint density at radius 3 is 2.74 bits per heavy atom. The van der Waals surface area contributed by atoms with Crippen LogP contribution in [0.5, 0.6) is 0 Å². The van der Waals surface area contributed by atoms with Crippen LogP contribution in [0, 0.1) is 0 Å². The quantitative estimate of drug-likeness (QED) is 0.801. The van der Waals surface area contributed by atoms with E-state index in [2.05, 4.69) is 4.72 Å². The van der Waals surface area contributed by atoms with Gasteiger partial charge in [0.25, 0.3) is 0 Å². The number of thiophene rings is 1. The van der Waals surface area contributed by atoms with Gasteiger partial charge in [0.1, 0.15) is 0 Å². The summed E-state index contributed by atoms with van der Waals surface area (Å²) in [7, 11) is -3.31. The first kappa shape index (κ1) is 14.0. The molecule has 2 aromatic rings. The molecule has 6 heteroatoms. The summed E-state index contributed by atoms with van der Waals surface area (Å²) in [6.07, 6.45) is 0.716. The van der Waals surface area contributed by atoms with Crippen molar-refractivity contribution in [3.63, 3.8) is 0 Å². The van der Waals surface area contributed by atoms with Crippen LogP contribution in [-0.2, 0) is 22.2 Å². The summed E-state index contributed by atoms with van der Waals surface area (Å²) in [5.41, 5.74) is 6.90. The molecule has 0 aliphatic carbocycles. The lowest BCUT2D eigenvalue weighted by Gasteiger charge is -2.06. The molecule has 0 spiro atoms. The fraction of sp³-hybridized carbons (Fsp3) is 0.231. The van der Waals surface area contributed by atoms with Crippen LogP contribution in [0.4, 0.5) is 5.69 Å². The zero-order chi connectivity index (χ0) is 13.7. The molecule has 4 nitrogen and oxygen atoms in total. The highest BCUT2D eigenvalue weighted by Gasteiger charge is 2.11. The van der Waals surface area contributed by atoms with Gasteiger partial charge in [-0.2, -0.15) is 0 Å². The van der Waals surface area contributed by atoms with Crippen molar-refractivity contribution in [3.05, 3.63) is 52.2 Å². The highest BCUT2D eigenvalue weighted by atomic mass is 32.2. The minimum atomic E-state index is -3.31. The molecule has 0 bridgehead atoms. The van der Waals surface area contributed by atoms with Crippen LogP contribution in [0.2, 0.25) is 0 Å². The average molecular weight is 296 g/mol. The van der Waals surface area contributed by atoms with Crippen LogP contribution in [0.1, 0.15) is 10.4 Å². The van der Waals surface area contributed by atoms with Crippen LogP contribution >= 0.6 is 11.3 Å². The third-order valence-corrected chi connectivity index (χ3v) is 4.87. The largest absolute Gasteiger partial charge is 0.399 e. The van der Waals surface area contributed by atoms with Gasteiger partial charge in [0.15, 0.2) is 0 Å². The number of hydrogen-bond donors (Lipinski definition) is 2. The zero-order valence-electron chi connectivity index (χ0n) is 10.4. The molecule has 0 aliphatic rings. The second-order valence-electron chi connectivity index (χ2n) is 4.23. The van der Waals surface area contributed by atoms with Crippen molar-refractivity contribution in [1.29, 1.82) is 0 Å². The summed E-state index contributed by atoms with van der Waals surface area (Å²) < 4.78 is 26.4. The molecule has 102 valence electrons. The Hall–Kier alpha value is -1.37. The molecule has 0 atom stereocenters. The number of anilines is 1. The molecule has 1 heterocycles. The van der Waals surface area contributed by atoms with Crippen LogP contribution < -0.4 is 10.5 Å². The van der Waals surface area contributed by atoms with Gasteiger partial charge in [0, 0.05) is 17.1 Å². The molecular formula is C13H16N2O2S2. The maximum absolute atomic E-state index is 11.9. The van der Waals surface area contributed by atoms with E-state index in [1.807, 2.05) is 17.5 Å². The van der Waals surface area contributed by atoms with Crippen LogP contribution in [0.25, 0.3) is 0 Å². The van der Waals surface area contributed by atoms with E-state index in [-0.39, 0.29) is 5.75 Å². The Labute approximate surface area is 117 Å². The normalized spacial score (nSPS) is 11.6. The topological polar surface area (TPSA) is 72.2 Å². The van der Waals surface area contributed by atoms with Gasteiger partial charge in [-0.3, -0.25) is 0 Å². The summed E-state index contributed by atoms with van der Waals surface area (Å²) in [4.78, 5) is 1.17. The van der Waals surface area contributed by atoms with Gasteiger partial charge in [-0.15, -0.1) is 11.3 Å². The van der Waals surface area contributed by atoms with Crippen LogP contribution in [0.3, 0.4) is 0 Å². The van der Waals surface area contributed by atoms with Crippen molar-refractivity contribution in [2.24, 2.45) is 0 Å². The molecule has 3 N–H and O–H groups in total. The molecule has 0 saturated heterocycles. The first-order valence-corrected chi connectivity index (χ1v) is 8.42. The van der Waals surface area contributed by atoms with Crippen LogP contribution in [0.15, 0.2) is 41.8 Å². The lowest BCUT2D eigenvalue weighted by atomic mass is 10.2. The number of nitrogen functional groups attached to an aromatic ring is 1. The van der Waals surface area contributed by atoms with E-state index in [1.165, 1.54) is 4.88 Å². The van der Waals surface area contributed by atoms with Gasteiger partial charge in [-0.05, 0) is 35.6 Å². The Morgan fingerprint density at radius 2 is 2.05 bits per heavy atom. The van der Waals surface area contributed by atoms with Crippen molar-refractivity contribution in [2.75, 3.05) is 12.3 Å². The Balaban J connectivity index is 1.88. The van der Waals surface area contributed by atoms with Gasteiger partial charge >= 0.3 is 0 Å². The predicted octanol–water partition coefficient (Wildman–Crippen LogP) is 1.99. The SMILES string of the molecule is Nc1cccc(CS(=O)(=O)NCCc2cccs2)c1. The van der Waals surface area contributed by atoms with Gasteiger partial charge in [0.2, 0.25) is 10.0 Å². The minimum Gasteiger partial charge on any atom is -0.399 e. The van der Waals surface area contributed by atoms with Crippen LogP contribution in [-0.4, -0.2) is 15.0 Å². The molecule has 0 amide bonds. The molecule has 0 unspecified atom stereocenters. The van der Waals surface area contributed by atoms with Crippen molar-refractivity contribution in [2.45, 2.75) is 12.2 Å². The number of nitrogens with one attached hydrogen (secondary N) is 1. The molecule has 0 fully saturated rings. The lowest BCUT2D eigenvalue weighted by Crippen LogP contribution is -2.27. The number of benzene rings is 1. The fourth-order valence-corrected chi connectivity index (χ4v) is 3.58. The molecule has 2 rings (SSSR count). The monoisotopic (exact) mass is 296 g/mol. The summed E-state index contributed by atoms with van der Waals surface area (Å²) in [5.74, 6) is -0.0392. The average Bonchev–Trinajstić information content (AvgIpc) is 2.81. The van der Waals surface area contributed by atoms with Gasteiger partial charge in [0.05, 0.1) is 5.75 Å². The highest BCUT2D eigenvalue weighted by molar-refractivity contribution is 7.88. The molecular weight excluding hydrogens is 280 g/mol. The maximum Gasteiger partial charge on any atom is 0.215 e. The lowest BCUT2D eigenvalue weighted by molar-refractivity contribution is 0.581. The van der Waals surface area contributed by atoms with Gasteiger partial charge in [-0.25, -0.2) is 13.1 Å². The fourth-order valence-electron chi connectivity index (χ4n) is 1.74. The third-order valence-electron chi connectivity index (χ3n) is 2.58. The smallest absolute Gasteiger partial charge is 0.215 e.